The zero-order valence-electron chi connectivity index (χ0n) is 22.9. The van der Waals surface area contributed by atoms with E-state index in [2.05, 4.69) is 15.6 Å². The number of aromatic nitrogens is 2. The summed E-state index contributed by atoms with van der Waals surface area (Å²) in [5, 5.41) is 4.44. The standard InChI is InChI=1S/C31H27F3N4O5/c1-20-10-8-9-15-23(20)28-35-17-25(37-30(42)43-19-22-13-6-3-7-14-22)29(41)38(28)18-26(39)36-24(27(40)31(32,33)34)16-21-11-4-2-5-12-21/h2-15,17,24H,16,18-19H2,1H3,(H,36,39)(H,37,42). The Morgan fingerprint density at radius 3 is 2.14 bits per heavy atom. The number of carbonyl (C=O) groups is 3. The number of halogens is 3. The van der Waals surface area contributed by atoms with Gasteiger partial charge in [-0.15, -0.1) is 0 Å². The van der Waals surface area contributed by atoms with E-state index in [1.54, 1.807) is 79.7 Å². The lowest BCUT2D eigenvalue weighted by atomic mass is 10.0. The minimum Gasteiger partial charge on any atom is -0.444 e. The number of anilines is 1. The molecule has 0 aliphatic carbocycles. The van der Waals surface area contributed by atoms with Gasteiger partial charge in [0.15, 0.2) is 0 Å². The molecule has 0 saturated carbocycles. The molecule has 1 atom stereocenters. The molecule has 1 heterocycles. The lowest BCUT2D eigenvalue weighted by Gasteiger charge is -2.20. The Morgan fingerprint density at radius 2 is 1.51 bits per heavy atom. The molecule has 0 saturated heterocycles. The zero-order chi connectivity index (χ0) is 31.0. The molecule has 4 rings (SSSR count). The fourth-order valence-corrected chi connectivity index (χ4v) is 4.27. The number of hydrogen-bond donors (Lipinski definition) is 2. The molecular formula is C31H27F3N4O5. The quantitative estimate of drug-likeness (QED) is 0.272. The van der Waals surface area contributed by atoms with E-state index in [0.717, 1.165) is 10.8 Å². The molecule has 222 valence electrons. The Balaban J connectivity index is 1.62. The van der Waals surface area contributed by atoms with Crippen LogP contribution in [0, 0.1) is 6.92 Å². The van der Waals surface area contributed by atoms with Gasteiger partial charge in [0.2, 0.25) is 5.91 Å². The van der Waals surface area contributed by atoms with Gasteiger partial charge in [0, 0.05) is 12.0 Å². The predicted molar refractivity (Wildman–Crippen MR) is 152 cm³/mol. The molecule has 43 heavy (non-hydrogen) atoms. The van der Waals surface area contributed by atoms with Crippen LogP contribution in [-0.2, 0) is 33.9 Å². The van der Waals surface area contributed by atoms with Crippen LogP contribution >= 0.6 is 0 Å². The number of ether oxygens (including phenoxy) is 1. The van der Waals surface area contributed by atoms with Crippen molar-refractivity contribution in [1.82, 2.24) is 14.9 Å². The molecule has 3 aromatic carbocycles. The summed E-state index contributed by atoms with van der Waals surface area (Å²) in [5.74, 6) is -3.14. The van der Waals surface area contributed by atoms with Crippen LogP contribution in [0.2, 0.25) is 0 Å². The first kappa shape index (κ1) is 30.7. The highest BCUT2D eigenvalue weighted by atomic mass is 19.4. The summed E-state index contributed by atoms with van der Waals surface area (Å²) in [6.45, 7) is 0.880. The van der Waals surface area contributed by atoms with E-state index in [4.69, 9.17) is 4.74 Å². The van der Waals surface area contributed by atoms with E-state index in [9.17, 15) is 32.3 Å². The number of benzene rings is 3. The molecule has 0 aliphatic rings. The number of hydrogen-bond acceptors (Lipinski definition) is 6. The number of rotatable bonds is 10. The summed E-state index contributed by atoms with van der Waals surface area (Å²) < 4.78 is 46.3. The molecule has 9 nitrogen and oxygen atoms in total. The Morgan fingerprint density at radius 1 is 0.907 bits per heavy atom. The maximum absolute atomic E-state index is 13.5. The molecule has 0 spiro atoms. The van der Waals surface area contributed by atoms with Gasteiger partial charge in [0.1, 0.15) is 30.7 Å². The summed E-state index contributed by atoms with van der Waals surface area (Å²) in [6, 6.07) is 21.6. The smallest absolute Gasteiger partial charge is 0.444 e. The van der Waals surface area contributed by atoms with E-state index in [-0.39, 0.29) is 18.1 Å². The first-order valence-electron chi connectivity index (χ1n) is 13.1. The van der Waals surface area contributed by atoms with Crippen LogP contribution in [-0.4, -0.2) is 39.6 Å². The van der Waals surface area contributed by atoms with Gasteiger partial charge >= 0.3 is 12.3 Å². The lowest BCUT2D eigenvalue weighted by Crippen LogP contribution is -2.49. The number of amides is 2. The maximum Gasteiger partial charge on any atom is 0.452 e. The predicted octanol–water partition coefficient (Wildman–Crippen LogP) is 4.83. The van der Waals surface area contributed by atoms with Crippen molar-refractivity contribution in [1.29, 1.82) is 0 Å². The van der Waals surface area contributed by atoms with Crippen LogP contribution in [0.4, 0.5) is 23.7 Å². The summed E-state index contributed by atoms with van der Waals surface area (Å²) in [6.07, 6.45) is -5.48. The van der Waals surface area contributed by atoms with Crippen LogP contribution < -0.4 is 16.2 Å². The second-order valence-electron chi connectivity index (χ2n) is 9.56. The third kappa shape index (κ3) is 8.15. The van der Waals surface area contributed by atoms with E-state index < -0.39 is 48.5 Å². The second-order valence-corrected chi connectivity index (χ2v) is 9.56. The van der Waals surface area contributed by atoms with Crippen molar-refractivity contribution in [2.24, 2.45) is 0 Å². The summed E-state index contributed by atoms with van der Waals surface area (Å²) in [7, 11) is 0. The molecule has 1 aromatic heterocycles. The van der Waals surface area contributed by atoms with Gasteiger partial charge < -0.3 is 10.1 Å². The fourth-order valence-electron chi connectivity index (χ4n) is 4.27. The third-order valence-electron chi connectivity index (χ3n) is 6.40. The number of nitrogens with one attached hydrogen (secondary N) is 2. The highest BCUT2D eigenvalue weighted by molar-refractivity contribution is 5.93. The number of Topliss-reactive ketones (excluding diaryl/α,β-unsaturated/α-hetero) is 1. The second kappa shape index (κ2) is 13.6. The minimum absolute atomic E-state index is 0.0308. The number of aryl methyl sites for hydroxylation is 1. The molecule has 0 fully saturated rings. The van der Waals surface area contributed by atoms with E-state index in [0.29, 0.717) is 22.3 Å². The average molecular weight is 593 g/mol. The summed E-state index contributed by atoms with van der Waals surface area (Å²) >= 11 is 0. The minimum atomic E-state index is -5.21. The number of carbonyl (C=O) groups excluding carboxylic acids is 3. The van der Waals surface area contributed by atoms with Crippen molar-refractivity contribution in [3.8, 4) is 11.4 Å². The van der Waals surface area contributed by atoms with Gasteiger partial charge in [0.25, 0.3) is 11.3 Å². The highest BCUT2D eigenvalue weighted by Gasteiger charge is 2.44. The molecule has 12 heteroatoms. The van der Waals surface area contributed by atoms with Gasteiger partial charge in [0.05, 0.1) is 6.20 Å². The number of alkyl halides is 3. The average Bonchev–Trinajstić information content (AvgIpc) is 2.98. The van der Waals surface area contributed by atoms with Crippen LogP contribution in [0.5, 0.6) is 0 Å². The van der Waals surface area contributed by atoms with Crippen molar-refractivity contribution in [2.75, 3.05) is 5.32 Å². The largest absolute Gasteiger partial charge is 0.452 e. The molecule has 2 N–H and O–H groups in total. The first-order chi connectivity index (χ1) is 20.5. The van der Waals surface area contributed by atoms with Crippen molar-refractivity contribution in [2.45, 2.75) is 38.7 Å². The zero-order valence-corrected chi connectivity index (χ0v) is 22.9. The molecule has 0 bridgehead atoms. The van der Waals surface area contributed by atoms with Crippen molar-refractivity contribution in [3.63, 3.8) is 0 Å². The van der Waals surface area contributed by atoms with Gasteiger partial charge in [-0.25, -0.2) is 9.78 Å². The Kier molecular flexibility index (Phi) is 9.71. The van der Waals surface area contributed by atoms with Crippen LogP contribution in [0.1, 0.15) is 16.7 Å². The number of ketones is 1. The molecule has 1 unspecified atom stereocenters. The third-order valence-corrected chi connectivity index (χ3v) is 6.40. The Hall–Kier alpha value is -5.26. The molecule has 4 aromatic rings. The van der Waals surface area contributed by atoms with Crippen molar-refractivity contribution >= 4 is 23.5 Å². The monoisotopic (exact) mass is 592 g/mol. The lowest BCUT2D eigenvalue weighted by molar-refractivity contribution is -0.173. The highest BCUT2D eigenvalue weighted by Crippen LogP contribution is 2.22. The number of nitrogens with zero attached hydrogens (tertiary/aromatic N) is 2. The molecule has 0 aliphatic heterocycles. The van der Waals surface area contributed by atoms with Crippen LogP contribution in [0.15, 0.2) is 95.9 Å². The van der Waals surface area contributed by atoms with Gasteiger partial charge in [-0.05, 0) is 23.6 Å². The van der Waals surface area contributed by atoms with Crippen LogP contribution in [0.3, 0.4) is 0 Å². The van der Waals surface area contributed by atoms with Crippen molar-refractivity contribution in [3.05, 3.63) is 118 Å². The first-order valence-corrected chi connectivity index (χ1v) is 13.1. The van der Waals surface area contributed by atoms with E-state index in [1.165, 1.54) is 12.1 Å². The van der Waals surface area contributed by atoms with Crippen LogP contribution in [0.25, 0.3) is 11.4 Å². The Bertz CT molecular complexity index is 1660. The summed E-state index contributed by atoms with van der Waals surface area (Å²) in [4.78, 5) is 55.6. The maximum atomic E-state index is 13.5. The topological polar surface area (TPSA) is 119 Å². The van der Waals surface area contributed by atoms with Crippen molar-refractivity contribution < 1.29 is 32.3 Å². The van der Waals surface area contributed by atoms with E-state index >= 15 is 0 Å². The van der Waals surface area contributed by atoms with Gasteiger partial charge in [-0.3, -0.25) is 24.3 Å². The summed E-state index contributed by atoms with van der Waals surface area (Å²) in [5.41, 5.74) is 1.08. The molecule has 0 radical (unpaired) electrons. The van der Waals surface area contributed by atoms with Gasteiger partial charge in [-0.2, -0.15) is 13.2 Å². The van der Waals surface area contributed by atoms with Gasteiger partial charge in [-0.1, -0.05) is 84.9 Å². The molecule has 2 amide bonds. The fraction of sp³-hybridized carbons (Fsp3) is 0.194. The Labute approximate surface area is 244 Å². The van der Waals surface area contributed by atoms with E-state index in [1.807, 2.05) is 0 Å². The molecular weight excluding hydrogens is 565 g/mol. The normalized spacial score (nSPS) is 11.8. The SMILES string of the molecule is Cc1ccccc1-c1ncc(NC(=O)OCc2ccccc2)c(=O)n1CC(=O)NC(Cc1ccccc1)C(=O)C(F)(F)F.